The third-order valence-electron chi connectivity index (χ3n) is 4.53. The normalized spacial score (nSPS) is 14.4. The summed E-state index contributed by atoms with van der Waals surface area (Å²) in [5.41, 5.74) is 5.17. The van der Waals surface area contributed by atoms with Crippen LogP contribution in [0.15, 0.2) is 42.6 Å². The number of carbonyl (C=O) groups is 1. The minimum absolute atomic E-state index is 0.157. The first-order chi connectivity index (χ1) is 13.3. The zero-order chi connectivity index (χ0) is 20.7. The van der Waals surface area contributed by atoms with Crippen molar-refractivity contribution in [2.24, 2.45) is 11.7 Å². The van der Waals surface area contributed by atoms with Crippen LogP contribution in [0, 0.1) is 5.92 Å². The number of ether oxygens (including phenoxy) is 2. The number of pyridine rings is 1. The van der Waals surface area contributed by atoms with Gasteiger partial charge >= 0.3 is 5.97 Å². The number of methoxy groups -OCH3 is 1. The minimum atomic E-state index is -2.10. The maximum Gasteiger partial charge on any atom is 0.337 e. The molecular formula is C21H28N2O5. The number of nitrogens with two attached hydrogens (primary N) is 1. The highest BCUT2D eigenvalue weighted by Gasteiger charge is 2.43. The molecule has 1 heterocycles. The summed E-state index contributed by atoms with van der Waals surface area (Å²) in [7, 11) is 1.59. The molecule has 2 rings (SSSR count). The van der Waals surface area contributed by atoms with E-state index in [1.54, 1.807) is 19.2 Å². The Kier molecular flexibility index (Phi) is 7.37. The van der Waals surface area contributed by atoms with Gasteiger partial charge in [-0.25, -0.2) is 4.79 Å². The Labute approximate surface area is 165 Å². The van der Waals surface area contributed by atoms with Crippen LogP contribution in [0.3, 0.4) is 0 Å². The van der Waals surface area contributed by atoms with Gasteiger partial charge in [-0.1, -0.05) is 32.0 Å². The van der Waals surface area contributed by atoms with E-state index in [1.165, 1.54) is 6.20 Å². The van der Waals surface area contributed by atoms with E-state index in [0.29, 0.717) is 17.9 Å². The molecule has 152 valence electrons. The Balaban J connectivity index is 2.14. The predicted octanol–water partition coefficient (Wildman–Crippen LogP) is 2.40. The molecule has 7 heteroatoms. The molecule has 0 amide bonds. The highest BCUT2D eigenvalue weighted by molar-refractivity contribution is 5.78. The quantitative estimate of drug-likeness (QED) is 0.572. The smallest absolute Gasteiger partial charge is 0.337 e. The van der Waals surface area contributed by atoms with Crippen molar-refractivity contribution in [1.82, 2.24) is 4.98 Å². The number of hydrogen-bond acceptors (Lipinski definition) is 6. The fourth-order valence-electron chi connectivity index (χ4n) is 2.97. The maximum absolute atomic E-state index is 11.7. The average molecular weight is 388 g/mol. The van der Waals surface area contributed by atoms with Crippen molar-refractivity contribution in [2.45, 2.75) is 44.9 Å². The molecule has 0 unspecified atom stereocenters. The van der Waals surface area contributed by atoms with Gasteiger partial charge in [0.1, 0.15) is 18.1 Å². The van der Waals surface area contributed by atoms with Crippen molar-refractivity contribution in [3.63, 3.8) is 0 Å². The number of benzene rings is 1. The van der Waals surface area contributed by atoms with E-state index in [4.69, 9.17) is 15.2 Å². The maximum atomic E-state index is 11.7. The highest BCUT2D eigenvalue weighted by Crippen LogP contribution is 2.24. The van der Waals surface area contributed by atoms with Crippen molar-refractivity contribution in [2.75, 3.05) is 7.11 Å². The molecule has 2 atom stereocenters. The number of aliphatic carboxylic acids is 1. The lowest BCUT2D eigenvalue weighted by molar-refractivity contribution is -0.161. The zero-order valence-electron chi connectivity index (χ0n) is 16.5. The van der Waals surface area contributed by atoms with Crippen LogP contribution in [0.4, 0.5) is 0 Å². The lowest BCUT2D eigenvalue weighted by Gasteiger charge is -2.30. The summed E-state index contributed by atoms with van der Waals surface area (Å²) in [6, 6.07) is 9.89. The summed E-state index contributed by atoms with van der Waals surface area (Å²) in [6.45, 7) is 4.13. The van der Waals surface area contributed by atoms with Crippen molar-refractivity contribution >= 4 is 5.97 Å². The molecule has 0 aliphatic carbocycles. The fourth-order valence-corrected chi connectivity index (χ4v) is 2.97. The SMILES string of the molecule is COc1ccccc1COc1ccnc(C[C@](O)(C(=O)O)[C@@H](N)CC(C)C)c1. The second kappa shape index (κ2) is 9.52. The zero-order valence-corrected chi connectivity index (χ0v) is 16.5. The van der Waals surface area contributed by atoms with Gasteiger partial charge in [0.15, 0.2) is 5.60 Å². The van der Waals surface area contributed by atoms with Gasteiger partial charge in [-0.05, 0) is 24.5 Å². The number of para-hydroxylation sites is 1. The molecule has 0 aliphatic heterocycles. The van der Waals surface area contributed by atoms with Gasteiger partial charge in [0.2, 0.25) is 0 Å². The summed E-state index contributed by atoms with van der Waals surface area (Å²) in [4.78, 5) is 15.9. The largest absolute Gasteiger partial charge is 0.496 e. The van der Waals surface area contributed by atoms with Crippen LogP contribution in [0.1, 0.15) is 31.5 Å². The van der Waals surface area contributed by atoms with Gasteiger partial charge in [0.05, 0.1) is 7.11 Å². The molecule has 0 bridgehead atoms. The number of carboxylic acid groups (broad SMARTS) is 1. The average Bonchev–Trinajstić information content (AvgIpc) is 2.66. The number of aliphatic hydroxyl groups is 1. The third kappa shape index (κ3) is 5.43. The Morgan fingerprint density at radius 2 is 2.00 bits per heavy atom. The van der Waals surface area contributed by atoms with Gasteiger partial charge < -0.3 is 25.4 Å². The molecule has 0 spiro atoms. The molecule has 0 fully saturated rings. The molecule has 7 nitrogen and oxygen atoms in total. The molecule has 2 aromatic rings. The summed E-state index contributed by atoms with van der Waals surface area (Å²) >= 11 is 0. The number of carboxylic acids is 1. The molecule has 0 radical (unpaired) electrons. The third-order valence-corrected chi connectivity index (χ3v) is 4.53. The summed E-state index contributed by atoms with van der Waals surface area (Å²) in [6.07, 6.45) is 1.69. The lowest BCUT2D eigenvalue weighted by atomic mass is 9.84. The lowest BCUT2D eigenvalue weighted by Crippen LogP contribution is -2.56. The standard InChI is InChI=1S/C21H28N2O5/c1-14(2)10-19(22)21(26,20(24)25)12-16-11-17(8-9-23-16)28-13-15-6-4-5-7-18(15)27-3/h4-9,11,14,19,26H,10,12-13,22H2,1-3H3,(H,24,25)/t19-,21+/m0/s1. The summed E-state index contributed by atoms with van der Waals surface area (Å²) in [5, 5.41) is 20.3. The molecule has 1 aromatic carbocycles. The van der Waals surface area contributed by atoms with E-state index < -0.39 is 17.6 Å². The number of nitrogens with zero attached hydrogens (tertiary/aromatic N) is 1. The fraction of sp³-hybridized carbons (Fsp3) is 0.429. The molecule has 1 aromatic heterocycles. The van der Waals surface area contributed by atoms with E-state index in [-0.39, 0.29) is 18.9 Å². The first kappa shape index (κ1) is 21.7. The second-order valence-corrected chi connectivity index (χ2v) is 7.23. The van der Waals surface area contributed by atoms with Crippen LogP contribution < -0.4 is 15.2 Å². The molecule has 0 saturated carbocycles. The summed E-state index contributed by atoms with van der Waals surface area (Å²) in [5.74, 6) is 0.0323. The molecule has 0 aliphatic rings. The van der Waals surface area contributed by atoms with Crippen LogP contribution in [0.2, 0.25) is 0 Å². The van der Waals surface area contributed by atoms with Crippen molar-refractivity contribution < 1.29 is 24.5 Å². The topological polar surface area (TPSA) is 115 Å². The van der Waals surface area contributed by atoms with Gasteiger partial charge in [0, 0.05) is 36.0 Å². The van der Waals surface area contributed by atoms with Crippen molar-refractivity contribution in [1.29, 1.82) is 0 Å². The Bertz CT molecular complexity index is 796. The van der Waals surface area contributed by atoms with Crippen molar-refractivity contribution in [3.8, 4) is 11.5 Å². The van der Waals surface area contributed by atoms with Gasteiger partial charge in [-0.15, -0.1) is 0 Å². The van der Waals surface area contributed by atoms with Crippen molar-refractivity contribution in [3.05, 3.63) is 53.9 Å². The van der Waals surface area contributed by atoms with Crippen LogP contribution in [-0.4, -0.2) is 39.9 Å². The minimum Gasteiger partial charge on any atom is -0.496 e. The Morgan fingerprint density at radius 1 is 1.29 bits per heavy atom. The van der Waals surface area contributed by atoms with Crippen LogP contribution in [-0.2, 0) is 17.8 Å². The van der Waals surface area contributed by atoms with E-state index in [9.17, 15) is 15.0 Å². The molecule has 28 heavy (non-hydrogen) atoms. The van der Waals surface area contributed by atoms with Crippen LogP contribution in [0.25, 0.3) is 0 Å². The van der Waals surface area contributed by atoms with Gasteiger partial charge in [0.25, 0.3) is 0 Å². The van der Waals surface area contributed by atoms with Crippen LogP contribution >= 0.6 is 0 Å². The first-order valence-electron chi connectivity index (χ1n) is 9.17. The van der Waals surface area contributed by atoms with E-state index in [1.807, 2.05) is 38.1 Å². The van der Waals surface area contributed by atoms with Crippen LogP contribution in [0.5, 0.6) is 11.5 Å². The predicted molar refractivity (Wildman–Crippen MR) is 105 cm³/mol. The molecule has 0 saturated heterocycles. The number of hydrogen-bond donors (Lipinski definition) is 3. The molecular weight excluding hydrogens is 360 g/mol. The van der Waals surface area contributed by atoms with Gasteiger partial charge in [-0.2, -0.15) is 0 Å². The van der Waals surface area contributed by atoms with E-state index in [2.05, 4.69) is 4.98 Å². The number of rotatable bonds is 10. The molecule has 4 N–H and O–H groups in total. The van der Waals surface area contributed by atoms with E-state index in [0.717, 1.165) is 11.3 Å². The second-order valence-electron chi connectivity index (χ2n) is 7.23. The number of aromatic nitrogens is 1. The van der Waals surface area contributed by atoms with Gasteiger partial charge in [-0.3, -0.25) is 4.98 Å². The Hall–Kier alpha value is -2.64. The first-order valence-corrected chi connectivity index (χ1v) is 9.17. The van der Waals surface area contributed by atoms with E-state index >= 15 is 0 Å². The monoisotopic (exact) mass is 388 g/mol. The highest BCUT2D eigenvalue weighted by atomic mass is 16.5. The Morgan fingerprint density at radius 3 is 2.64 bits per heavy atom. The summed E-state index contributed by atoms with van der Waals surface area (Å²) < 4.78 is 11.1.